The molecule has 6 atom stereocenters. The van der Waals surface area contributed by atoms with Crippen molar-refractivity contribution in [1.29, 1.82) is 0 Å². The SMILES string of the molecule is COC(=O)C1CC2CN1C(=O)C(C(C)(C)C)NC(=O)OCCCC=CCCOc1cccc3c1CN(C3)C1OC1O2. The van der Waals surface area contributed by atoms with Gasteiger partial charge in [-0.2, -0.15) is 0 Å². The van der Waals surface area contributed by atoms with Crippen molar-refractivity contribution < 1.29 is 38.1 Å². The van der Waals surface area contributed by atoms with Gasteiger partial charge in [-0.25, -0.2) is 9.59 Å². The molecular weight excluding hydrogens is 530 g/mol. The van der Waals surface area contributed by atoms with E-state index in [0.29, 0.717) is 19.6 Å². The van der Waals surface area contributed by atoms with E-state index in [9.17, 15) is 14.4 Å². The second kappa shape index (κ2) is 12.4. The van der Waals surface area contributed by atoms with Crippen molar-refractivity contribution in [3.8, 4) is 5.75 Å². The van der Waals surface area contributed by atoms with Crippen molar-refractivity contribution in [3.05, 3.63) is 41.5 Å². The molecule has 0 aromatic heterocycles. The van der Waals surface area contributed by atoms with E-state index < -0.39 is 42.0 Å². The quantitative estimate of drug-likeness (QED) is 0.308. The molecule has 1 aromatic carbocycles. The van der Waals surface area contributed by atoms with Crippen LogP contribution in [0, 0.1) is 5.41 Å². The summed E-state index contributed by atoms with van der Waals surface area (Å²) in [6, 6.07) is 4.38. The molecule has 0 saturated carbocycles. The van der Waals surface area contributed by atoms with Crippen molar-refractivity contribution in [2.45, 2.75) is 90.2 Å². The minimum absolute atomic E-state index is 0.180. The minimum atomic E-state index is -0.912. The zero-order chi connectivity index (χ0) is 29.1. The first kappa shape index (κ1) is 29.3. The molecule has 4 aliphatic rings. The molecule has 224 valence electrons. The number of esters is 1. The van der Waals surface area contributed by atoms with Gasteiger partial charge < -0.3 is 33.9 Å². The van der Waals surface area contributed by atoms with Gasteiger partial charge in [0.2, 0.25) is 5.91 Å². The van der Waals surface area contributed by atoms with Crippen molar-refractivity contribution in [2.75, 3.05) is 26.9 Å². The molecule has 6 unspecified atom stereocenters. The highest BCUT2D eigenvalue weighted by atomic mass is 16.8. The van der Waals surface area contributed by atoms with Gasteiger partial charge in [-0.15, -0.1) is 0 Å². The van der Waals surface area contributed by atoms with E-state index in [1.807, 2.05) is 32.9 Å². The number of methoxy groups -OCH3 is 1. The van der Waals surface area contributed by atoms with Crippen LogP contribution in [0.4, 0.5) is 4.79 Å². The van der Waals surface area contributed by atoms with Crippen LogP contribution < -0.4 is 10.1 Å². The predicted octanol–water partition coefficient (Wildman–Crippen LogP) is 3.10. The molecular formula is C30H41N3O8. The molecule has 1 aromatic rings. The van der Waals surface area contributed by atoms with E-state index in [-0.39, 0.29) is 31.7 Å². The second-order valence-electron chi connectivity index (χ2n) is 12.0. The third kappa shape index (κ3) is 6.85. The van der Waals surface area contributed by atoms with Gasteiger partial charge in [0.05, 0.1) is 26.4 Å². The summed E-state index contributed by atoms with van der Waals surface area (Å²) in [6.45, 7) is 7.96. The molecule has 4 bridgehead atoms. The second-order valence-corrected chi connectivity index (χ2v) is 12.0. The Morgan fingerprint density at radius 2 is 1.85 bits per heavy atom. The molecule has 41 heavy (non-hydrogen) atoms. The van der Waals surface area contributed by atoms with E-state index >= 15 is 0 Å². The number of fused-ring (bicyclic) bond motifs is 5. The Kier molecular flexibility index (Phi) is 8.86. The average molecular weight is 572 g/mol. The maximum Gasteiger partial charge on any atom is 0.407 e. The highest BCUT2D eigenvalue weighted by Gasteiger charge is 2.52. The number of nitrogens with zero attached hydrogens (tertiary/aromatic N) is 2. The lowest BCUT2D eigenvalue weighted by Crippen LogP contribution is -2.57. The van der Waals surface area contributed by atoms with Crippen LogP contribution in [0.15, 0.2) is 30.4 Å². The molecule has 4 heterocycles. The van der Waals surface area contributed by atoms with E-state index in [2.05, 4.69) is 28.4 Å². The molecule has 2 fully saturated rings. The van der Waals surface area contributed by atoms with Gasteiger partial charge in [-0.05, 0) is 36.3 Å². The molecule has 0 aliphatic carbocycles. The molecule has 0 radical (unpaired) electrons. The topological polar surface area (TPSA) is 119 Å². The largest absolute Gasteiger partial charge is 0.493 e. The summed E-state index contributed by atoms with van der Waals surface area (Å²) < 4.78 is 28.7. The average Bonchev–Trinajstić information content (AvgIpc) is 3.35. The maximum absolute atomic E-state index is 13.8. The summed E-state index contributed by atoms with van der Waals surface area (Å²) in [6.07, 6.45) is 4.80. The Morgan fingerprint density at radius 1 is 1.05 bits per heavy atom. The van der Waals surface area contributed by atoms with Gasteiger partial charge in [0.1, 0.15) is 17.8 Å². The number of cyclic esters (lactones) is 1. The first-order valence-electron chi connectivity index (χ1n) is 14.4. The highest BCUT2D eigenvalue weighted by molar-refractivity contribution is 5.91. The van der Waals surface area contributed by atoms with E-state index in [1.54, 1.807) is 0 Å². The zero-order valence-corrected chi connectivity index (χ0v) is 24.3. The molecule has 4 aliphatic heterocycles. The molecule has 11 heteroatoms. The first-order valence-corrected chi connectivity index (χ1v) is 14.4. The van der Waals surface area contributed by atoms with Gasteiger partial charge >= 0.3 is 12.1 Å². The number of alkyl carbamates (subject to hydrolysis) is 1. The van der Waals surface area contributed by atoms with Crippen LogP contribution in [0.3, 0.4) is 0 Å². The summed E-state index contributed by atoms with van der Waals surface area (Å²) in [5, 5.41) is 2.74. The van der Waals surface area contributed by atoms with E-state index in [4.69, 9.17) is 23.7 Å². The summed E-state index contributed by atoms with van der Waals surface area (Å²) >= 11 is 0. The lowest BCUT2D eigenvalue weighted by Gasteiger charge is -2.34. The summed E-state index contributed by atoms with van der Waals surface area (Å²) in [5.74, 6) is -0.0216. The molecule has 1 N–H and O–H groups in total. The Labute approximate surface area is 241 Å². The number of benzene rings is 1. The summed E-state index contributed by atoms with van der Waals surface area (Å²) in [4.78, 5) is 42.9. The van der Waals surface area contributed by atoms with Crippen LogP contribution in [0.5, 0.6) is 5.75 Å². The van der Waals surface area contributed by atoms with Gasteiger partial charge in [-0.1, -0.05) is 45.1 Å². The van der Waals surface area contributed by atoms with Crippen LogP contribution in [-0.2, 0) is 41.6 Å². The highest BCUT2D eigenvalue weighted by Crippen LogP contribution is 2.39. The number of ether oxygens (including phenoxy) is 5. The van der Waals surface area contributed by atoms with E-state index in [0.717, 1.165) is 30.7 Å². The number of carbonyl (C=O) groups excluding carboxylic acids is 3. The Hall–Kier alpha value is -3.15. The smallest absolute Gasteiger partial charge is 0.407 e. The van der Waals surface area contributed by atoms with Crippen LogP contribution in [-0.4, -0.2) is 85.3 Å². The third-order valence-corrected chi connectivity index (χ3v) is 7.93. The summed E-state index contributed by atoms with van der Waals surface area (Å²) in [7, 11) is 1.30. The number of hydrogen-bond acceptors (Lipinski definition) is 9. The Morgan fingerprint density at radius 3 is 2.63 bits per heavy atom. The molecule has 11 nitrogen and oxygen atoms in total. The number of allylic oxidation sites excluding steroid dienone is 1. The van der Waals surface area contributed by atoms with Crippen LogP contribution >= 0.6 is 0 Å². The van der Waals surface area contributed by atoms with Gasteiger partial charge in [0, 0.05) is 31.6 Å². The number of rotatable bonds is 1. The minimum Gasteiger partial charge on any atom is -0.493 e. The fraction of sp³-hybridized carbons (Fsp3) is 0.633. The number of epoxide rings is 1. The fourth-order valence-corrected chi connectivity index (χ4v) is 5.68. The number of amides is 2. The third-order valence-electron chi connectivity index (χ3n) is 7.93. The molecule has 5 rings (SSSR count). The van der Waals surface area contributed by atoms with Gasteiger partial charge in [0.25, 0.3) is 0 Å². The van der Waals surface area contributed by atoms with Gasteiger partial charge in [-0.3, -0.25) is 9.69 Å². The normalized spacial score (nSPS) is 31.0. The first-order chi connectivity index (χ1) is 19.7. The lowest BCUT2D eigenvalue weighted by molar-refractivity contribution is -0.152. The lowest BCUT2D eigenvalue weighted by atomic mass is 9.85. The van der Waals surface area contributed by atoms with Crippen molar-refractivity contribution in [2.24, 2.45) is 5.41 Å². The van der Waals surface area contributed by atoms with Crippen molar-refractivity contribution in [1.82, 2.24) is 15.1 Å². The Bertz CT molecular complexity index is 1160. The van der Waals surface area contributed by atoms with Crippen molar-refractivity contribution in [3.63, 3.8) is 0 Å². The number of carbonyl (C=O) groups is 3. The molecule has 2 saturated heterocycles. The van der Waals surface area contributed by atoms with Crippen LogP contribution in [0.25, 0.3) is 0 Å². The van der Waals surface area contributed by atoms with Crippen LogP contribution in [0.2, 0.25) is 0 Å². The molecule has 0 spiro atoms. The van der Waals surface area contributed by atoms with Crippen molar-refractivity contribution >= 4 is 18.0 Å². The maximum atomic E-state index is 13.8. The van der Waals surface area contributed by atoms with Gasteiger partial charge in [0.15, 0.2) is 12.5 Å². The zero-order valence-electron chi connectivity index (χ0n) is 24.3. The standard InChI is InChI=1S/C30H41N3O8/c1-30(2,3)24-25(34)33-17-20(15-22(33)27(35)37-4)40-28-26(41-28)32-16-19-11-10-12-23(21(19)18-32)38-13-8-6-5-7-9-14-39-29(36)31-24/h5-6,10-12,20,22,24,26,28H,7-9,13-18H2,1-4H3,(H,31,36). The summed E-state index contributed by atoms with van der Waals surface area (Å²) in [5.41, 5.74) is 1.73. The Balaban J connectivity index is 1.33. The fourth-order valence-electron chi connectivity index (χ4n) is 5.68. The number of nitrogens with one attached hydrogen (secondary N) is 1. The predicted molar refractivity (Wildman–Crippen MR) is 148 cm³/mol. The van der Waals surface area contributed by atoms with E-state index in [1.165, 1.54) is 17.6 Å². The number of hydrogen-bond donors (Lipinski definition) is 1. The monoisotopic (exact) mass is 571 g/mol. The molecule has 2 amide bonds. The van der Waals surface area contributed by atoms with Crippen LogP contribution in [0.1, 0.15) is 57.6 Å².